The molecule has 0 unspecified atom stereocenters. The summed E-state index contributed by atoms with van der Waals surface area (Å²) in [5.74, 6) is 2.66. The van der Waals surface area contributed by atoms with Crippen LogP contribution in [0, 0.1) is 0 Å². The number of aromatic nitrogens is 2. The maximum absolute atomic E-state index is 4.85. The zero-order chi connectivity index (χ0) is 21.6. The number of para-hydroxylation sites is 3. The molecule has 156 valence electrons. The van der Waals surface area contributed by atoms with E-state index in [1.165, 1.54) is 0 Å². The van der Waals surface area contributed by atoms with E-state index in [1.807, 2.05) is 62.5 Å². The van der Waals surface area contributed by atoms with Gasteiger partial charge in [-0.05, 0) is 50.6 Å². The summed E-state index contributed by atoms with van der Waals surface area (Å²) < 4.78 is 9.41. The molecule has 0 radical (unpaired) electrons. The molecule has 0 bridgehead atoms. The minimum Gasteiger partial charge on any atom is -0.502 e. The molecule has 0 aliphatic carbocycles. The molecule has 0 saturated carbocycles. The van der Waals surface area contributed by atoms with Gasteiger partial charge in [0, 0.05) is 18.3 Å². The molecule has 5 nitrogen and oxygen atoms in total. The van der Waals surface area contributed by atoms with Crippen LogP contribution in [-0.2, 0) is 9.47 Å². The lowest BCUT2D eigenvalue weighted by molar-refractivity contribution is 0.292. The van der Waals surface area contributed by atoms with Crippen LogP contribution < -0.4 is 5.32 Å². The van der Waals surface area contributed by atoms with Crippen molar-refractivity contribution in [1.82, 2.24) is 9.97 Å². The molecule has 0 saturated heterocycles. The fourth-order valence-corrected chi connectivity index (χ4v) is 2.36. The summed E-state index contributed by atoms with van der Waals surface area (Å²) in [4.78, 5) is 7.93. The first-order valence-electron chi connectivity index (χ1n) is 9.58. The monoisotopic (exact) mass is 395 g/mol. The van der Waals surface area contributed by atoms with Gasteiger partial charge in [0.1, 0.15) is 5.82 Å². The second-order valence-electron chi connectivity index (χ2n) is 6.23. The molecule has 1 aromatic heterocycles. The van der Waals surface area contributed by atoms with E-state index in [2.05, 4.69) is 39.6 Å². The molecule has 0 atom stereocenters. The van der Waals surface area contributed by atoms with Gasteiger partial charge in [-0.1, -0.05) is 37.8 Å². The number of nitrogens with one attached hydrogen (secondary N) is 2. The maximum Gasteiger partial charge on any atom is 0.140 e. The summed E-state index contributed by atoms with van der Waals surface area (Å²) in [6.45, 7) is 9.29. The van der Waals surface area contributed by atoms with Crippen molar-refractivity contribution in [3.8, 4) is 11.4 Å². The van der Waals surface area contributed by atoms with Gasteiger partial charge in [-0.15, -0.1) is 0 Å². The Hall–Kier alpha value is -3.21. The van der Waals surface area contributed by atoms with Crippen LogP contribution in [0.25, 0.3) is 22.4 Å². The molecule has 0 amide bonds. The van der Waals surface area contributed by atoms with Crippen molar-refractivity contribution < 1.29 is 9.47 Å². The van der Waals surface area contributed by atoms with Crippen molar-refractivity contribution in [3.05, 3.63) is 72.7 Å². The Morgan fingerprint density at radius 2 is 1.69 bits per heavy atom. The van der Waals surface area contributed by atoms with Gasteiger partial charge >= 0.3 is 0 Å². The number of hydrogen-bond acceptors (Lipinski definition) is 4. The van der Waals surface area contributed by atoms with E-state index >= 15 is 0 Å². The molecular weight excluding hydrogens is 362 g/mol. The quantitative estimate of drug-likeness (QED) is 0.492. The Labute approximate surface area is 174 Å². The Kier molecular flexibility index (Phi) is 10.7. The zero-order valence-electron chi connectivity index (χ0n) is 18.4. The number of methoxy groups -OCH3 is 2. The number of allylic oxidation sites excluding steroid dienone is 3. The third-order valence-electron chi connectivity index (χ3n) is 4.00. The Balaban J connectivity index is 0.000000293. The van der Waals surface area contributed by atoms with E-state index in [4.69, 9.17) is 4.74 Å². The summed E-state index contributed by atoms with van der Waals surface area (Å²) in [5.41, 5.74) is 4.22. The molecule has 29 heavy (non-hydrogen) atoms. The van der Waals surface area contributed by atoms with Gasteiger partial charge in [0.05, 0.1) is 36.8 Å². The van der Waals surface area contributed by atoms with Gasteiger partial charge in [0.25, 0.3) is 0 Å². The van der Waals surface area contributed by atoms with Crippen LogP contribution in [0.3, 0.4) is 0 Å². The van der Waals surface area contributed by atoms with E-state index in [-0.39, 0.29) is 0 Å². The van der Waals surface area contributed by atoms with E-state index in [0.29, 0.717) is 0 Å². The first-order valence-corrected chi connectivity index (χ1v) is 9.58. The van der Waals surface area contributed by atoms with Crippen molar-refractivity contribution >= 4 is 16.7 Å². The highest BCUT2D eigenvalue weighted by atomic mass is 16.5. The average molecular weight is 396 g/mol. The van der Waals surface area contributed by atoms with E-state index < -0.39 is 0 Å². The van der Waals surface area contributed by atoms with Gasteiger partial charge < -0.3 is 19.8 Å². The zero-order valence-corrected chi connectivity index (χ0v) is 18.4. The minimum absolute atomic E-state index is 0.755. The molecule has 2 N–H and O–H groups in total. The highest BCUT2D eigenvalue weighted by Gasteiger charge is 2.07. The van der Waals surface area contributed by atoms with Crippen molar-refractivity contribution in [3.63, 3.8) is 0 Å². The van der Waals surface area contributed by atoms with Gasteiger partial charge in [0.2, 0.25) is 0 Å². The fraction of sp³-hybridized carbons (Fsp3) is 0.292. The van der Waals surface area contributed by atoms with Crippen molar-refractivity contribution in [2.45, 2.75) is 27.2 Å². The smallest absolute Gasteiger partial charge is 0.140 e. The van der Waals surface area contributed by atoms with Gasteiger partial charge in [-0.3, -0.25) is 0 Å². The number of rotatable bonds is 5. The topological polar surface area (TPSA) is 59.2 Å². The number of imidazole rings is 1. The van der Waals surface area contributed by atoms with Crippen LogP contribution >= 0.6 is 0 Å². The predicted octanol–water partition coefficient (Wildman–Crippen LogP) is 6.38. The fourth-order valence-electron chi connectivity index (χ4n) is 2.36. The lowest BCUT2D eigenvalue weighted by Gasteiger charge is -2.05. The third-order valence-corrected chi connectivity index (χ3v) is 4.00. The summed E-state index contributed by atoms with van der Waals surface area (Å²) in [5, 5.41) is 3.18. The average Bonchev–Trinajstić information content (AvgIpc) is 3.18. The molecule has 3 aromatic rings. The molecule has 0 aliphatic heterocycles. The van der Waals surface area contributed by atoms with Crippen LogP contribution in [0.15, 0.2) is 72.7 Å². The number of hydrogen-bond donors (Lipinski definition) is 2. The second kappa shape index (κ2) is 13.0. The number of anilines is 1. The third kappa shape index (κ3) is 8.13. The molecule has 0 fully saturated rings. The lowest BCUT2D eigenvalue weighted by atomic mass is 10.1. The largest absolute Gasteiger partial charge is 0.502 e. The van der Waals surface area contributed by atoms with E-state index in [9.17, 15) is 0 Å². The summed E-state index contributed by atoms with van der Waals surface area (Å²) in [6.07, 6.45) is 3.10. The number of fused-ring (bicyclic) bond motifs is 1. The molecule has 1 heterocycles. The lowest BCUT2D eigenvalue weighted by Crippen LogP contribution is -1.92. The highest BCUT2D eigenvalue weighted by molar-refractivity contribution is 5.82. The Bertz CT molecular complexity index is 880. The van der Waals surface area contributed by atoms with Crippen LogP contribution in [0.2, 0.25) is 0 Å². The maximum atomic E-state index is 4.85. The second-order valence-corrected chi connectivity index (χ2v) is 6.23. The van der Waals surface area contributed by atoms with E-state index in [0.717, 1.165) is 46.0 Å². The van der Waals surface area contributed by atoms with Crippen LogP contribution in [0.4, 0.5) is 5.69 Å². The summed E-state index contributed by atoms with van der Waals surface area (Å²) in [7, 11) is 5.20. The predicted molar refractivity (Wildman–Crippen MR) is 124 cm³/mol. The molecule has 3 rings (SSSR count). The molecule has 0 spiro atoms. The number of nitrogens with zero attached hydrogens (tertiary/aromatic N) is 1. The van der Waals surface area contributed by atoms with E-state index in [1.54, 1.807) is 21.1 Å². The van der Waals surface area contributed by atoms with Crippen LogP contribution in [-0.4, -0.2) is 31.2 Å². The minimum atomic E-state index is 0.755. The summed E-state index contributed by atoms with van der Waals surface area (Å²) >= 11 is 0. The first kappa shape index (κ1) is 23.8. The molecular formula is C24H33N3O2. The number of ether oxygens (including phenoxy) is 2. The number of H-pyrrole nitrogens is 1. The van der Waals surface area contributed by atoms with Gasteiger partial charge in [-0.2, -0.15) is 0 Å². The standard InChI is InChI=1S/C14H13N3.C6H12O.C4H8O/c1-15-11-7-3-2-6-10(11)14-16-12-8-4-5-9-13(12)17-14;1-4-5-6(2)7-3;1-4(2)5-3/h2-9,15H,1H3,(H,16,17);5H,4H2,1-3H3;1H2,2-3H3/b;6-5+;. The Morgan fingerprint density at radius 3 is 2.21 bits per heavy atom. The molecule has 0 aliphatic rings. The molecule has 5 heteroatoms. The molecule has 2 aromatic carbocycles. The van der Waals surface area contributed by atoms with Crippen LogP contribution in [0.5, 0.6) is 0 Å². The van der Waals surface area contributed by atoms with Gasteiger partial charge in [0.15, 0.2) is 0 Å². The summed E-state index contributed by atoms with van der Waals surface area (Å²) in [6, 6.07) is 16.2. The van der Waals surface area contributed by atoms with Gasteiger partial charge in [-0.25, -0.2) is 4.98 Å². The Morgan fingerprint density at radius 1 is 1.07 bits per heavy atom. The van der Waals surface area contributed by atoms with Crippen molar-refractivity contribution in [2.24, 2.45) is 0 Å². The van der Waals surface area contributed by atoms with Crippen molar-refractivity contribution in [2.75, 3.05) is 26.6 Å². The normalized spacial score (nSPS) is 10.2. The SMILES string of the molecule is C=C(C)OC.CC/C=C(\C)OC.CNc1ccccc1-c1nc2ccccc2[nH]1. The van der Waals surface area contributed by atoms with Crippen LogP contribution in [0.1, 0.15) is 27.2 Å². The van der Waals surface area contributed by atoms with Crippen molar-refractivity contribution in [1.29, 1.82) is 0 Å². The highest BCUT2D eigenvalue weighted by Crippen LogP contribution is 2.26. The number of benzene rings is 2. The number of aromatic amines is 1. The first-order chi connectivity index (χ1) is 14.0.